The third kappa shape index (κ3) is 6.34. The van der Waals surface area contributed by atoms with Crippen molar-refractivity contribution in [2.24, 2.45) is 5.92 Å². The summed E-state index contributed by atoms with van der Waals surface area (Å²) in [6.45, 7) is 3.17. The molecule has 1 aliphatic rings. The van der Waals surface area contributed by atoms with Gasteiger partial charge in [0, 0.05) is 10.4 Å². The number of anilines is 1. The first-order valence-electron chi connectivity index (χ1n) is 11.0. The maximum Gasteiger partial charge on any atom is 0.341 e. The van der Waals surface area contributed by atoms with Gasteiger partial charge in [-0.15, -0.1) is 11.3 Å². The second-order valence-electron chi connectivity index (χ2n) is 7.90. The van der Waals surface area contributed by atoms with Gasteiger partial charge < -0.3 is 24.8 Å². The lowest BCUT2D eigenvalue weighted by atomic mass is 9.88. The molecule has 10 heteroatoms. The minimum Gasteiger partial charge on any atom is -0.497 e. The molecule has 182 valence electrons. The Kier molecular flexibility index (Phi) is 8.64. The van der Waals surface area contributed by atoms with Gasteiger partial charge in [0.1, 0.15) is 17.3 Å². The number of fused-ring (bicyclic) bond motifs is 1. The van der Waals surface area contributed by atoms with Crippen molar-refractivity contribution in [2.45, 2.75) is 33.1 Å². The number of hydrogen-bond donors (Lipinski definition) is 2. The number of hydrogen-bond acceptors (Lipinski definition) is 8. The van der Waals surface area contributed by atoms with Crippen LogP contribution in [0.15, 0.2) is 24.3 Å². The quantitative estimate of drug-likeness (QED) is 0.521. The lowest BCUT2D eigenvalue weighted by Crippen LogP contribution is -2.32. The number of carbonyl (C=O) groups is 4. The highest BCUT2D eigenvalue weighted by atomic mass is 32.1. The summed E-state index contributed by atoms with van der Waals surface area (Å²) in [5, 5.41) is 5.53. The van der Waals surface area contributed by atoms with E-state index in [1.54, 1.807) is 31.2 Å². The zero-order chi connectivity index (χ0) is 24.7. The molecule has 1 heterocycles. The van der Waals surface area contributed by atoms with Crippen molar-refractivity contribution in [3.05, 3.63) is 45.8 Å². The monoisotopic (exact) mass is 488 g/mol. The minimum atomic E-state index is -0.762. The fourth-order valence-corrected chi connectivity index (χ4v) is 5.03. The topological polar surface area (TPSA) is 120 Å². The molecule has 1 aliphatic carbocycles. The van der Waals surface area contributed by atoms with Crippen LogP contribution in [0.3, 0.4) is 0 Å². The summed E-state index contributed by atoms with van der Waals surface area (Å²) in [6.07, 6.45) is 2.55. The number of nitrogens with one attached hydrogen (secondary N) is 2. The largest absolute Gasteiger partial charge is 0.497 e. The molecule has 1 aromatic heterocycles. The molecule has 2 amide bonds. The summed E-state index contributed by atoms with van der Waals surface area (Å²) in [5.41, 5.74) is 1.67. The van der Waals surface area contributed by atoms with E-state index in [0.29, 0.717) is 27.8 Å². The van der Waals surface area contributed by atoms with Gasteiger partial charge in [0.15, 0.2) is 6.61 Å². The summed E-state index contributed by atoms with van der Waals surface area (Å²) in [6, 6.07) is 6.39. The Labute approximate surface area is 201 Å². The standard InChI is InChI=1S/C24H28N2O7S/c1-4-32-24(30)21-17-10-5-14(2)11-18(17)34-23(21)26-19(27)13-33-20(28)12-25-22(29)15-6-8-16(31-3)9-7-15/h6-9,14H,4-5,10-13H2,1-3H3,(H,25,29)(H,26,27). The molecule has 0 spiro atoms. The van der Waals surface area contributed by atoms with E-state index in [2.05, 4.69) is 17.6 Å². The molecule has 1 atom stereocenters. The Morgan fingerprint density at radius 1 is 1.12 bits per heavy atom. The smallest absolute Gasteiger partial charge is 0.341 e. The van der Waals surface area contributed by atoms with Gasteiger partial charge >= 0.3 is 11.9 Å². The number of amides is 2. The van der Waals surface area contributed by atoms with E-state index in [9.17, 15) is 19.2 Å². The fourth-order valence-electron chi connectivity index (χ4n) is 3.61. The first-order valence-corrected chi connectivity index (χ1v) is 11.8. The Morgan fingerprint density at radius 3 is 2.53 bits per heavy atom. The van der Waals surface area contributed by atoms with Crippen LogP contribution in [0.1, 0.15) is 51.4 Å². The molecule has 2 aromatic rings. The van der Waals surface area contributed by atoms with Gasteiger partial charge in [0.25, 0.3) is 11.8 Å². The van der Waals surface area contributed by atoms with Crippen LogP contribution in [0.5, 0.6) is 5.75 Å². The van der Waals surface area contributed by atoms with E-state index in [1.807, 2.05) is 0 Å². The van der Waals surface area contributed by atoms with E-state index in [4.69, 9.17) is 14.2 Å². The maximum atomic E-state index is 12.5. The average Bonchev–Trinajstić information content (AvgIpc) is 3.18. The summed E-state index contributed by atoms with van der Waals surface area (Å²) in [7, 11) is 1.52. The van der Waals surface area contributed by atoms with Crippen molar-refractivity contribution in [1.82, 2.24) is 5.32 Å². The van der Waals surface area contributed by atoms with Crippen LogP contribution in [0.2, 0.25) is 0 Å². The SMILES string of the molecule is CCOC(=O)c1c(NC(=O)COC(=O)CNC(=O)c2ccc(OC)cc2)sc2c1CCC(C)C2. The highest BCUT2D eigenvalue weighted by Crippen LogP contribution is 2.40. The van der Waals surface area contributed by atoms with E-state index < -0.39 is 36.9 Å². The van der Waals surface area contributed by atoms with Gasteiger partial charge in [0.2, 0.25) is 0 Å². The highest BCUT2D eigenvalue weighted by Gasteiger charge is 2.29. The number of rotatable bonds is 9. The van der Waals surface area contributed by atoms with Gasteiger partial charge in [-0.05, 0) is 61.9 Å². The Bertz CT molecular complexity index is 1060. The van der Waals surface area contributed by atoms with Crippen LogP contribution in [0.4, 0.5) is 5.00 Å². The van der Waals surface area contributed by atoms with Crippen LogP contribution in [-0.4, -0.2) is 50.6 Å². The zero-order valence-corrected chi connectivity index (χ0v) is 20.2. The van der Waals surface area contributed by atoms with Crippen molar-refractivity contribution in [3.63, 3.8) is 0 Å². The maximum absolute atomic E-state index is 12.5. The van der Waals surface area contributed by atoms with E-state index in [1.165, 1.54) is 18.4 Å². The van der Waals surface area contributed by atoms with Gasteiger partial charge in [-0.3, -0.25) is 14.4 Å². The van der Waals surface area contributed by atoms with E-state index in [-0.39, 0.29) is 6.61 Å². The van der Waals surface area contributed by atoms with Crippen LogP contribution in [-0.2, 0) is 31.9 Å². The second-order valence-corrected chi connectivity index (χ2v) is 9.00. The summed E-state index contributed by atoms with van der Waals surface area (Å²) in [5.74, 6) is -1.16. The summed E-state index contributed by atoms with van der Waals surface area (Å²) < 4.78 is 15.2. The third-order valence-corrected chi connectivity index (χ3v) is 6.52. The normalized spacial score (nSPS) is 14.5. The first-order chi connectivity index (χ1) is 16.3. The number of benzene rings is 1. The van der Waals surface area contributed by atoms with Crippen LogP contribution >= 0.6 is 11.3 Å². The van der Waals surface area contributed by atoms with Crippen LogP contribution in [0, 0.1) is 5.92 Å². The fraction of sp³-hybridized carbons (Fsp3) is 0.417. The number of carbonyl (C=O) groups excluding carboxylic acids is 4. The zero-order valence-electron chi connectivity index (χ0n) is 19.4. The third-order valence-electron chi connectivity index (χ3n) is 5.35. The minimum absolute atomic E-state index is 0.229. The number of thiophene rings is 1. The van der Waals surface area contributed by atoms with Gasteiger partial charge in [0.05, 0.1) is 19.3 Å². The van der Waals surface area contributed by atoms with Crippen molar-refractivity contribution < 1.29 is 33.4 Å². The molecule has 1 unspecified atom stereocenters. The van der Waals surface area contributed by atoms with Gasteiger partial charge in [-0.2, -0.15) is 0 Å². The molecule has 0 bridgehead atoms. The predicted octanol–water partition coefficient (Wildman–Crippen LogP) is 2.97. The average molecular weight is 489 g/mol. The molecule has 0 fully saturated rings. The molecule has 0 radical (unpaired) electrons. The lowest BCUT2D eigenvalue weighted by Gasteiger charge is -2.18. The Hall–Kier alpha value is -3.40. The molecule has 1 aromatic carbocycles. The molecule has 0 saturated carbocycles. The van der Waals surface area contributed by atoms with Crippen molar-refractivity contribution in [3.8, 4) is 5.75 Å². The van der Waals surface area contributed by atoms with E-state index in [0.717, 1.165) is 29.7 Å². The molecule has 34 heavy (non-hydrogen) atoms. The molecular weight excluding hydrogens is 460 g/mol. The summed E-state index contributed by atoms with van der Waals surface area (Å²) >= 11 is 1.36. The Morgan fingerprint density at radius 2 is 1.85 bits per heavy atom. The number of methoxy groups -OCH3 is 1. The number of esters is 2. The molecular formula is C24H28N2O7S. The van der Waals surface area contributed by atoms with Crippen molar-refractivity contribution >= 4 is 40.1 Å². The summed E-state index contributed by atoms with van der Waals surface area (Å²) in [4.78, 5) is 50.1. The molecule has 3 rings (SSSR count). The van der Waals surface area contributed by atoms with Gasteiger partial charge in [-0.25, -0.2) is 4.79 Å². The van der Waals surface area contributed by atoms with Crippen molar-refractivity contribution in [1.29, 1.82) is 0 Å². The molecule has 0 aliphatic heterocycles. The van der Waals surface area contributed by atoms with E-state index >= 15 is 0 Å². The number of ether oxygens (including phenoxy) is 3. The molecule has 9 nitrogen and oxygen atoms in total. The molecule has 2 N–H and O–H groups in total. The van der Waals surface area contributed by atoms with Crippen LogP contribution in [0.25, 0.3) is 0 Å². The Balaban J connectivity index is 1.53. The highest BCUT2D eigenvalue weighted by molar-refractivity contribution is 7.17. The molecule has 0 saturated heterocycles. The van der Waals surface area contributed by atoms with Crippen LogP contribution < -0.4 is 15.4 Å². The van der Waals surface area contributed by atoms with Gasteiger partial charge in [-0.1, -0.05) is 6.92 Å². The predicted molar refractivity (Wildman–Crippen MR) is 126 cm³/mol. The lowest BCUT2D eigenvalue weighted by molar-refractivity contribution is -0.146. The first kappa shape index (κ1) is 25.2. The second kappa shape index (κ2) is 11.6. The van der Waals surface area contributed by atoms with Crippen molar-refractivity contribution in [2.75, 3.05) is 32.2 Å².